The number of nitrogens with two attached hydrogens (primary N) is 1. The van der Waals surface area contributed by atoms with E-state index in [0.717, 1.165) is 39.2 Å². The Labute approximate surface area is 189 Å². The van der Waals surface area contributed by atoms with Crippen LogP contribution < -0.4 is 26.4 Å². The molecule has 168 valence electrons. The molecule has 0 saturated heterocycles. The number of carbonyl (C=O) groups excluding carboxylic acids is 1. The normalized spacial score (nSPS) is 10.7. The van der Waals surface area contributed by atoms with Crippen LogP contribution in [0, 0.1) is 13.8 Å². The summed E-state index contributed by atoms with van der Waals surface area (Å²) >= 11 is 0. The lowest BCUT2D eigenvalue weighted by Gasteiger charge is -2.16. The van der Waals surface area contributed by atoms with Gasteiger partial charge in [0, 0.05) is 55.9 Å². The molecule has 5 N–H and O–H groups in total. The van der Waals surface area contributed by atoms with Crippen LogP contribution in [0.25, 0.3) is 11.1 Å². The third kappa shape index (κ3) is 5.07. The van der Waals surface area contributed by atoms with E-state index in [1.807, 2.05) is 38.2 Å². The average molecular weight is 434 g/mol. The van der Waals surface area contributed by atoms with Gasteiger partial charge in [-0.05, 0) is 48.2 Å². The van der Waals surface area contributed by atoms with Crippen molar-refractivity contribution in [1.29, 1.82) is 0 Å². The van der Waals surface area contributed by atoms with Gasteiger partial charge in [-0.3, -0.25) is 9.78 Å². The van der Waals surface area contributed by atoms with E-state index in [1.165, 1.54) is 0 Å². The van der Waals surface area contributed by atoms with Crippen molar-refractivity contribution in [3.63, 3.8) is 0 Å². The summed E-state index contributed by atoms with van der Waals surface area (Å²) < 4.78 is 5.46. The topological polar surface area (TPSA) is 101 Å². The Hall–Kier alpha value is -3.42. The molecule has 2 aromatic carbocycles. The standard InChI is InChI=1S/C25H31N5O2/c1-16-19(7-5-9-21(16)27-3)20-8-6-10-22(17(20)2)30-25(31)23-13-24(32-4)18(15-29-23)14-28-12-11-26/h5-10,13,15,27-28H,11-12,14,26H2,1-4H3,(H,30,31). The second-order valence-electron chi connectivity index (χ2n) is 7.51. The molecule has 0 atom stereocenters. The number of hydrogen-bond acceptors (Lipinski definition) is 6. The summed E-state index contributed by atoms with van der Waals surface area (Å²) in [7, 11) is 3.50. The first-order chi connectivity index (χ1) is 15.5. The summed E-state index contributed by atoms with van der Waals surface area (Å²) in [5.41, 5.74) is 12.9. The predicted molar refractivity (Wildman–Crippen MR) is 130 cm³/mol. The zero-order valence-electron chi connectivity index (χ0n) is 19.1. The molecule has 0 radical (unpaired) electrons. The van der Waals surface area contributed by atoms with Gasteiger partial charge in [0.2, 0.25) is 0 Å². The molecule has 0 unspecified atom stereocenters. The minimum Gasteiger partial charge on any atom is -0.496 e. The second kappa shape index (κ2) is 10.7. The van der Waals surface area contributed by atoms with Crippen LogP contribution in [0.1, 0.15) is 27.2 Å². The van der Waals surface area contributed by atoms with E-state index in [1.54, 1.807) is 19.4 Å². The molecule has 7 heteroatoms. The van der Waals surface area contributed by atoms with Gasteiger partial charge < -0.3 is 26.4 Å². The summed E-state index contributed by atoms with van der Waals surface area (Å²) in [5.74, 6) is 0.324. The SMILES string of the molecule is CNc1cccc(-c2cccc(NC(=O)c3cc(OC)c(CNCCN)cn3)c2C)c1C. The number of nitrogens with zero attached hydrogens (tertiary/aromatic N) is 1. The first-order valence-corrected chi connectivity index (χ1v) is 10.6. The molecule has 7 nitrogen and oxygen atoms in total. The monoisotopic (exact) mass is 433 g/mol. The highest BCUT2D eigenvalue weighted by Gasteiger charge is 2.15. The second-order valence-corrected chi connectivity index (χ2v) is 7.51. The number of aromatic nitrogens is 1. The third-order valence-electron chi connectivity index (χ3n) is 5.51. The molecular weight excluding hydrogens is 402 g/mol. The van der Waals surface area contributed by atoms with Crippen molar-refractivity contribution in [2.45, 2.75) is 20.4 Å². The van der Waals surface area contributed by atoms with Crippen LogP contribution in [0.5, 0.6) is 5.75 Å². The van der Waals surface area contributed by atoms with E-state index in [9.17, 15) is 4.79 Å². The van der Waals surface area contributed by atoms with Crippen molar-refractivity contribution in [3.05, 3.63) is 71.0 Å². The maximum atomic E-state index is 12.9. The highest BCUT2D eigenvalue weighted by molar-refractivity contribution is 6.04. The zero-order valence-corrected chi connectivity index (χ0v) is 19.1. The molecule has 0 bridgehead atoms. The fraction of sp³-hybridized carbons (Fsp3) is 0.280. The summed E-state index contributed by atoms with van der Waals surface area (Å²) in [6.45, 7) is 5.91. The Morgan fingerprint density at radius 2 is 1.72 bits per heavy atom. The molecule has 0 spiro atoms. The summed E-state index contributed by atoms with van der Waals surface area (Å²) in [6.07, 6.45) is 1.66. The molecular formula is C25H31N5O2. The number of ether oxygens (including phenoxy) is 1. The number of rotatable bonds is 9. The van der Waals surface area contributed by atoms with Crippen molar-refractivity contribution in [2.75, 3.05) is 37.9 Å². The quantitative estimate of drug-likeness (QED) is 0.384. The van der Waals surface area contributed by atoms with Gasteiger partial charge in [0.15, 0.2) is 0 Å². The van der Waals surface area contributed by atoms with Crippen molar-refractivity contribution in [3.8, 4) is 16.9 Å². The van der Waals surface area contributed by atoms with Gasteiger partial charge in [0.05, 0.1) is 7.11 Å². The Morgan fingerprint density at radius 1 is 1.06 bits per heavy atom. The minimum atomic E-state index is -0.286. The number of nitrogens with one attached hydrogen (secondary N) is 3. The van der Waals surface area contributed by atoms with E-state index in [4.69, 9.17) is 10.5 Å². The Bertz CT molecular complexity index is 1100. The van der Waals surface area contributed by atoms with Crippen LogP contribution in [0.2, 0.25) is 0 Å². The van der Waals surface area contributed by atoms with Crippen molar-refractivity contribution in [1.82, 2.24) is 10.3 Å². The number of benzene rings is 2. The number of hydrogen-bond donors (Lipinski definition) is 4. The smallest absolute Gasteiger partial charge is 0.274 e. The summed E-state index contributed by atoms with van der Waals surface area (Å²) in [4.78, 5) is 17.3. The number of anilines is 2. The lowest BCUT2D eigenvalue weighted by Crippen LogP contribution is -2.22. The van der Waals surface area contributed by atoms with Crippen LogP contribution in [-0.2, 0) is 6.54 Å². The van der Waals surface area contributed by atoms with E-state index in [0.29, 0.717) is 31.1 Å². The van der Waals surface area contributed by atoms with E-state index >= 15 is 0 Å². The van der Waals surface area contributed by atoms with Crippen LogP contribution in [-0.4, -0.2) is 38.1 Å². The highest BCUT2D eigenvalue weighted by atomic mass is 16.5. The molecule has 0 saturated carbocycles. The molecule has 1 aromatic heterocycles. The lowest BCUT2D eigenvalue weighted by atomic mass is 9.94. The van der Waals surface area contributed by atoms with Crippen molar-refractivity contribution < 1.29 is 9.53 Å². The van der Waals surface area contributed by atoms with Crippen LogP contribution in [0.4, 0.5) is 11.4 Å². The Kier molecular flexibility index (Phi) is 7.81. The van der Waals surface area contributed by atoms with Gasteiger partial charge in [-0.15, -0.1) is 0 Å². The van der Waals surface area contributed by atoms with Gasteiger partial charge in [-0.1, -0.05) is 24.3 Å². The fourth-order valence-electron chi connectivity index (χ4n) is 3.68. The van der Waals surface area contributed by atoms with Gasteiger partial charge in [-0.25, -0.2) is 0 Å². The van der Waals surface area contributed by atoms with Crippen molar-refractivity contribution >= 4 is 17.3 Å². The zero-order chi connectivity index (χ0) is 23.1. The van der Waals surface area contributed by atoms with Gasteiger partial charge >= 0.3 is 0 Å². The first kappa shape index (κ1) is 23.2. The first-order valence-electron chi connectivity index (χ1n) is 10.6. The molecule has 0 aliphatic carbocycles. The maximum Gasteiger partial charge on any atom is 0.274 e. The summed E-state index contributed by atoms with van der Waals surface area (Å²) in [6, 6.07) is 13.7. The highest BCUT2D eigenvalue weighted by Crippen LogP contribution is 2.33. The molecule has 0 aliphatic rings. The van der Waals surface area contributed by atoms with E-state index in [-0.39, 0.29) is 5.91 Å². The minimum absolute atomic E-state index is 0.286. The van der Waals surface area contributed by atoms with Crippen LogP contribution >= 0.6 is 0 Å². The van der Waals surface area contributed by atoms with Crippen molar-refractivity contribution in [2.24, 2.45) is 5.73 Å². The lowest BCUT2D eigenvalue weighted by molar-refractivity contribution is 0.102. The molecule has 3 rings (SSSR count). The third-order valence-corrected chi connectivity index (χ3v) is 5.51. The Balaban J connectivity index is 1.85. The average Bonchev–Trinajstić information content (AvgIpc) is 2.81. The van der Waals surface area contributed by atoms with Crippen LogP contribution in [0.15, 0.2) is 48.7 Å². The number of amides is 1. The maximum absolute atomic E-state index is 12.9. The summed E-state index contributed by atoms with van der Waals surface area (Å²) in [5, 5.41) is 9.43. The predicted octanol–water partition coefficient (Wildman–Crippen LogP) is 3.72. The van der Waals surface area contributed by atoms with Gasteiger partial charge in [0.1, 0.15) is 11.4 Å². The molecule has 1 amide bonds. The van der Waals surface area contributed by atoms with Gasteiger partial charge in [-0.2, -0.15) is 0 Å². The number of carbonyl (C=O) groups is 1. The van der Waals surface area contributed by atoms with E-state index < -0.39 is 0 Å². The molecule has 3 aromatic rings. The largest absolute Gasteiger partial charge is 0.496 e. The Morgan fingerprint density at radius 3 is 2.34 bits per heavy atom. The fourth-order valence-corrected chi connectivity index (χ4v) is 3.68. The molecule has 32 heavy (non-hydrogen) atoms. The van der Waals surface area contributed by atoms with E-state index in [2.05, 4.69) is 40.0 Å². The number of methoxy groups -OCH3 is 1. The van der Waals surface area contributed by atoms with Crippen LogP contribution in [0.3, 0.4) is 0 Å². The number of pyridine rings is 1. The molecule has 0 fully saturated rings. The van der Waals surface area contributed by atoms with Gasteiger partial charge in [0.25, 0.3) is 5.91 Å². The molecule has 1 heterocycles. The molecule has 0 aliphatic heterocycles.